The van der Waals surface area contributed by atoms with Crippen LogP contribution in [-0.4, -0.2) is 17.7 Å². The lowest BCUT2D eigenvalue weighted by molar-refractivity contribution is 1.10. The molecule has 0 saturated carbocycles. The number of rotatable bonds is 2. The third kappa shape index (κ3) is 1.84. The highest BCUT2D eigenvalue weighted by Gasteiger charge is 2.24. The standard InChI is InChI=1S/C12H13N3S/c1-9-11(8-13-2)12(16)15(14-9)10-6-4-3-5-7-10/h3-8,13H,1-2H3. The quantitative estimate of drug-likeness (QED) is 0.625. The van der Waals surface area contributed by atoms with E-state index in [9.17, 15) is 0 Å². The van der Waals surface area contributed by atoms with Crippen molar-refractivity contribution in [1.82, 2.24) is 5.32 Å². The largest absolute Gasteiger partial charge is 0.393 e. The van der Waals surface area contributed by atoms with Gasteiger partial charge in [0.1, 0.15) is 4.99 Å². The Morgan fingerprint density at radius 2 is 2.00 bits per heavy atom. The van der Waals surface area contributed by atoms with Gasteiger partial charge in [0.05, 0.1) is 17.0 Å². The van der Waals surface area contributed by atoms with Gasteiger partial charge in [0.2, 0.25) is 0 Å². The molecule has 1 aliphatic heterocycles. The highest BCUT2D eigenvalue weighted by atomic mass is 32.1. The van der Waals surface area contributed by atoms with E-state index in [1.54, 1.807) is 5.01 Å². The maximum Gasteiger partial charge on any atom is 0.138 e. The number of nitrogens with one attached hydrogen (secondary N) is 1. The minimum Gasteiger partial charge on any atom is -0.393 e. The Kier molecular flexibility index (Phi) is 3.01. The smallest absolute Gasteiger partial charge is 0.138 e. The Morgan fingerprint density at radius 1 is 1.31 bits per heavy atom. The molecule has 0 amide bonds. The minimum atomic E-state index is 0.734. The zero-order chi connectivity index (χ0) is 11.5. The molecule has 3 nitrogen and oxygen atoms in total. The Balaban J connectivity index is 2.35. The Hall–Kier alpha value is -1.68. The fourth-order valence-electron chi connectivity index (χ4n) is 1.57. The summed E-state index contributed by atoms with van der Waals surface area (Å²) in [4.78, 5) is 0.734. The van der Waals surface area contributed by atoms with Crippen LogP contribution in [0, 0.1) is 0 Å². The van der Waals surface area contributed by atoms with Gasteiger partial charge in [-0.2, -0.15) is 5.10 Å². The molecular formula is C12H13N3S. The first-order chi connectivity index (χ1) is 7.74. The van der Waals surface area contributed by atoms with Gasteiger partial charge in [0.25, 0.3) is 0 Å². The third-order valence-electron chi connectivity index (χ3n) is 2.35. The molecule has 1 aromatic rings. The van der Waals surface area contributed by atoms with E-state index in [0.29, 0.717) is 0 Å². The number of hydrogen-bond acceptors (Lipinski definition) is 3. The summed E-state index contributed by atoms with van der Waals surface area (Å²) in [5, 5.41) is 9.21. The minimum absolute atomic E-state index is 0.734. The van der Waals surface area contributed by atoms with Crippen LogP contribution in [0.2, 0.25) is 0 Å². The monoisotopic (exact) mass is 231 g/mol. The van der Waals surface area contributed by atoms with Crippen LogP contribution in [-0.2, 0) is 0 Å². The summed E-state index contributed by atoms with van der Waals surface area (Å²) < 4.78 is 0. The summed E-state index contributed by atoms with van der Waals surface area (Å²) >= 11 is 5.39. The molecule has 1 heterocycles. The summed E-state index contributed by atoms with van der Waals surface area (Å²) in [7, 11) is 1.86. The highest BCUT2D eigenvalue weighted by Crippen LogP contribution is 2.23. The molecule has 0 aromatic heterocycles. The zero-order valence-corrected chi connectivity index (χ0v) is 10.1. The average molecular weight is 231 g/mol. The zero-order valence-electron chi connectivity index (χ0n) is 9.27. The first kappa shape index (κ1) is 10.8. The summed E-state index contributed by atoms with van der Waals surface area (Å²) in [6, 6.07) is 9.91. The molecule has 1 aliphatic rings. The summed E-state index contributed by atoms with van der Waals surface area (Å²) in [5.74, 6) is 0. The van der Waals surface area contributed by atoms with E-state index in [-0.39, 0.29) is 0 Å². The van der Waals surface area contributed by atoms with Gasteiger partial charge in [-0.25, -0.2) is 5.01 Å². The molecule has 1 N–H and O–H groups in total. The van der Waals surface area contributed by atoms with Gasteiger partial charge in [-0.05, 0) is 19.1 Å². The number of anilines is 1. The molecule has 0 saturated heterocycles. The number of benzene rings is 1. The first-order valence-electron chi connectivity index (χ1n) is 5.06. The van der Waals surface area contributed by atoms with Crippen molar-refractivity contribution < 1.29 is 0 Å². The van der Waals surface area contributed by atoms with E-state index < -0.39 is 0 Å². The highest BCUT2D eigenvalue weighted by molar-refractivity contribution is 7.81. The maximum absolute atomic E-state index is 5.39. The molecule has 0 aliphatic carbocycles. The Labute approximate surface area is 100 Å². The van der Waals surface area contributed by atoms with Crippen LogP contribution in [0.3, 0.4) is 0 Å². The molecule has 1 aromatic carbocycles. The fourth-order valence-corrected chi connectivity index (χ4v) is 1.93. The van der Waals surface area contributed by atoms with Crippen molar-refractivity contribution in [1.29, 1.82) is 0 Å². The SMILES string of the molecule is CNC=C1C(=S)N(c2ccccc2)N=C1C. The van der Waals surface area contributed by atoms with E-state index in [1.165, 1.54) is 0 Å². The van der Waals surface area contributed by atoms with Gasteiger partial charge in [0, 0.05) is 13.2 Å². The van der Waals surface area contributed by atoms with Crippen molar-refractivity contribution in [3.63, 3.8) is 0 Å². The predicted molar refractivity (Wildman–Crippen MR) is 71.8 cm³/mol. The lowest BCUT2D eigenvalue weighted by Gasteiger charge is -2.13. The fraction of sp³-hybridized carbons (Fsp3) is 0.167. The molecule has 0 bridgehead atoms. The molecule has 0 spiro atoms. The Morgan fingerprint density at radius 3 is 2.62 bits per heavy atom. The lowest BCUT2D eigenvalue weighted by Crippen LogP contribution is -2.20. The van der Waals surface area contributed by atoms with E-state index in [0.717, 1.165) is 22.0 Å². The molecule has 0 unspecified atom stereocenters. The van der Waals surface area contributed by atoms with Crippen LogP contribution >= 0.6 is 12.2 Å². The van der Waals surface area contributed by atoms with E-state index in [2.05, 4.69) is 10.4 Å². The lowest BCUT2D eigenvalue weighted by atomic mass is 10.2. The summed E-state index contributed by atoms with van der Waals surface area (Å²) in [6.45, 7) is 1.96. The van der Waals surface area contributed by atoms with E-state index in [1.807, 2.05) is 50.5 Å². The second kappa shape index (κ2) is 4.45. The number of nitrogens with zero attached hydrogens (tertiary/aromatic N) is 2. The van der Waals surface area contributed by atoms with Crippen LogP contribution in [0.4, 0.5) is 5.69 Å². The number of hydrogen-bond donors (Lipinski definition) is 1. The van der Waals surface area contributed by atoms with E-state index in [4.69, 9.17) is 12.2 Å². The van der Waals surface area contributed by atoms with Crippen molar-refractivity contribution in [2.24, 2.45) is 5.10 Å². The summed E-state index contributed by atoms with van der Waals surface area (Å²) in [6.07, 6.45) is 1.88. The van der Waals surface area contributed by atoms with Crippen molar-refractivity contribution >= 4 is 28.6 Å². The van der Waals surface area contributed by atoms with Crippen LogP contribution < -0.4 is 10.3 Å². The first-order valence-corrected chi connectivity index (χ1v) is 5.47. The third-order valence-corrected chi connectivity index (χ3v) is 2.74. The van der Waals surface area contributed by atoms with E-state index >= 15 is 0 Å². The second-order valence-corrected chi connectivity index (χ2v) is 3.87. The van der Waals surface area contributed by atoms with Crippen molar-refractivity contribution in [3.05, 3.63) is 42.1 Å². The van der Waals surface area contributed by atoms with Gasteiger partial charge in [-0.15, -0.1) is 0 Å². The molecule has 0 radical (unpaired) electrons. The van der Waals surface area contributed by atoms with Crippen LogP contribution in [0.1, 0.15) is 6.92 Å². The van der Waals surface area contributed by atoms with Crippen molar-refractivity contribution in [2.75, 3.05) is 12.1 Å². The van der Waals surface area contributed by atoms with Gasteiger partial charge in [-0.3, -0.25) is 0 Å². The average Bonchev–Trinajstić information content (AvgIpc) is 2.59. The molecule has 16 heavy (non-hydrogen) atoms. The molecule has 82 valence electrons. The molecular weight excluding hydrogens is 218 g/mol. The number of hydrazone groups is 1. The summed E-state index contributed by atoms with van der Waals surface area (Å²) in [5.41, 5.74) is 2.90. The maximum atomic E-state index is 5.39. The van der Waals surface area contributed by atoms with Crippen LogP contribution in [0.5, 0.6) is 0 Å². The normalized spacial score (nSPS) is 17.9. The van der Waals surface area contributed by atoms with Crippen LogP contribution in [0.25, 0.3) is 0 Å². The Bertz CT molecular complexity index is 462. The van der Waals surface area contributed by atoms with Crippen molar-refractivity contribution in [3.8, 4) is 0 Å². The van der Waals surface area contributed by atoms with Gasteiger partial charge in [0.15, 0.2) is 0 Å². The second-order valence-electron chi connectivity index (χ2n) is 3.48. The molecule has 0 atom stereocenters. The van der Waals surface area contributed by atoms with Gasteiger partial charge in [-0.1, -0.05) is 30.4 Å². The molecule has 0 fully saturated rings. The molecule has 2 rings (SSSR count). The van der Waals surface area contributed by atoms with Gasteiger partial charge < -0.3 is 5.32 Å². The topological polar surface area (TPSA) is 27.6 Å². The van der Waals surface area contributed by atoms with Crippen molar-refractivity contribution in [2.45, 2.75) is 6.92 Å². The predicted octanol–water partition coefficient (Wildman–Crippen LogP) is 2.31. The van der Waals surface area contributed by atoms with Crippen LogP contribution in [0.15, 0.2) is 47.2 Å². The number of para-hydroxylation sites is 1. The number of thiocarbonyl (C=S) groups is 1. The molecule has 4 heteroatoms. The van der Waals surface area contributed by atoms with Gasteiger partial charge >= 0.3 is 0 Å².